The average molecular weight is 386 g/mol. The van der Waals surface area contributed by atoms with E-state index in [1.807, 2.05) is 11.8 Å². The Morgan fingerprint density at radius 1 is 1.09 bits per heavy atom. The standard InChI is InChI=1S/C19H19N2SSe/c1-3-20-14-9-5-7-11-16(14)22-18(20)13-19-21(4-2)15-10-6-8-12-17(15)23-19/h5-13H,3-4H2,1-2H3/q+1. The molecule has 4 rings (SSSR count). The minimum absolute atomic E-state index is 0.397. The van der Waals surface area contributed by atoms with Crippen molar-refractivity contribution in [1.82, 2.24) is 0 Å². The van der Waals surface area contributed by atoms with Crippen molar-refractivity contribution in [3.8, 4) is 0 Å². The van der Waals surface area contributed by atoms with Gasteiger partial charge in [0.1, 0.15) is 0 Å². The van der Waals surface area contributed by atoms with Crippen LogP contribution in [0.25, 0.3) is 15.9 Å². The van der Waals surface area contributed by atoms with Gasteiger partial charge in [0.2, 0.25) is 0 Å². The molecule has 1 aliphatic rings. The summed E-state index contributed by atoms with van der Waals surface area (Å²) < 4.78 is 5.44. The van der Waals surface area contributed by atoms with Gasteiger partial charge < -0.3 is 0 Å². The van der Waals surface area contributed by atoms with Gasteiger partial charge in [0.25, 0.3) is 0 Å². The van der Waals surface area contributed by atoms with Crippen LogP contribution in [0, 0.1) is 0 Å². The van der Waals surface area contributed by atoms with Gasteiger partial charge in [-0.1, -0.05) is 0 Å². The van der Waals surface area contributed by atoms with Crippen LogP contribution in [-0.2, 0) is 6.54 Å². The number of anilines is 1. The molecule has 0 fully saturated rings. The van der Waals surface area contributed by atoms with E-state index in [9.17, 15) is 0 Å². The van der Waals surface area contributed by atoms with E-state index in [2.05, 4.69) is 77.9 Å². The molecule has 2 heterocycles. The first kappa shape index (κ1) is 15.1. The molecule has 0 spiro atoms. The predicted molar refractivity (Wildman–Crippen MR) is 100 cm³/mol. The third-order valence-electron chi connectivity index (χ3n) is 4.15. The summed E-state index contributed by atoms with van der Waals surface area (Å²) in [7, 11) is 0. The molecule has 0 saturated carbocycles. The van der Waals surface area contributed by atoms with Gasteiger partial charge in [-0.25, -0.2) is 0 Å². The van der Waals surface area contributed by atoms with Crippen LogP contribution in [0.15, 0.2) is 58.5 Å². The van der Waals surface area contributed by atoms with Crippen molar-refractivity contribution in [2.45, 2.75) is 25.3 Å². The van der Waals surface area contributed by atoms with Gasteiger partial charge in [0.05, 0.1) is 0 Å². The number of aromatic nitrogens is 1. The zero-order valence-electron chi connectivity index (χ0n) is 13.3. The van der Waals surface area contributed by atoms with Crippen molar-refractivity contribution in [3.63, 3.8) is 0 Å². The van der Waals surface area contributed by atoms with Crippen LogP contribution in [0.1, 0.15) is 18.4 Å². The quantitative estimate of drug-likeness (QED) is 0.494. The summed E-state index contributed by atoms with van der Waals surface area (Å²) in [6, 6.07) is 17.5. The molecule has 0 radical (unpaired) electrons. The maximum atomic E-state index is 2.47. The van der Waals surface area contributed by atoms with Gasteiger partial charge in [0, 0.05) is 0 Å². The van der Waals surface area contributed by atoms with E-state index in [1.54, 1.807) is 0 Å². The van der Waals surface area contributed by atoms with E-state index < -0.39 is 0 Å². The second-order valence-corrected chi connectivity index (χ2v) is 8.74. The first-order valence-corrected chi connectivity index (χ1v) is 10.5. The summed E-state index contributed by atoms with van der Waals surface area (Å²) in [5.41, 5.74) is 2.74. The van der Waals surface area contributed by atoms with Gasteiger partial charge in [0.15, 0.2) is 0 Å². The molecular formula is C19H19N2SSe+. The van der Waals surface area contributed by atoms with Crippen LogP contribution < -0.4 is 9.47 Å². The van der Waals surface area contributed by atoms with E-state index in [4.69, 9.17) is 0 Å². The van der Waals surface area contributed by atoms with Crippen LogP contribution in [-0.4, -0.2) is 21.0 Å². The van der Waals surface area contributed by atoms with Crippen molar-refractivity contribution in [3.05, 3.63) is 58.1 Å². The molecule has 0 unspecified atom stereocenters. The Balaban J connectivity index is 1.82. The van der Waals surface area contributed by atoms with E-state index in [0.717, 1.165) is 13.1 Å². The Morgan fingerprint density at radius 3 is 2.70 bits per heavy atom. The van der Waals surface area contributed by atoms with Crippen molar-refractivity contribution in [1.29, 1.82) is 0 Å². The number of rotatable bonds is 3. The Hall–Kier alpha value is -1.48. The number of thioether (sulfide) groups is 1. The third kappa shape index (κ3) is 2.55. The molecule has 23 heavy (non-hydrogen) atoms. The van der Waals surface area contributed by atoms with E-state index >= 15 is 0 Å². The maximum absolute atomic E-state index is 2.47. The molecule has 2 aromatic carbocycles. The monoisotopic (exact) mass is 387 g/mol. The van der Waals surface area contributed by atoms with E-state index in [0.29, 0.717) is 14.5 Å². The van der Waals surface area contributed by atoms with Gasteiger partial charge in [-0.15, -0.1) is 0 Å². The Labute approximate surface area is 147 Å². The van der Waals surface area contributed by atoms with Gasteiger partial charge >= 0.3 is 147 Å². The number of aryl methyl sites for hydroxylation is 1. The number of hydrogen-bond donors (Lipinski definition) is 0. The zero-order chi connectivity index (χ0) is 15.8. The molecular weight excluding hydrogens is 367 g/mol. The fourth-order valence-electron chi connectivity index (χ4n) is 3.08. The van der Waals surface area contributed by atoms with E-state index in [-0.39, 0.29) is 0 Å². The van der Waals surface area contributed by atoms with Crippen LogP contribution in [0.3, 0.4) is 0 Å². The van der Waals surface area contributed by atoms with Crippen molar-refractivity contribution >= 4 is 47.8 Å². The molecule has 116 valence electrons. The number of hydrogen-bond acceptors (Lipinski definition) is 2. The molecule has 0 N–H and O–H groups in total. The summed E-state index contributed by atoms with van der Waals surface area (Å²) >= 11 is 2.29. The molecule has 0 atom stereocenters. The normalized spacial score (nSPS) is 15.6. The fraction of sp³-hybridized carbons (Fsp3) is 0.211. The van der Waals surface area contributed by atoms with Crippen LogP contribution in [0.2, 0.25) is 0 Å². The summed E-state index contributed by atoms with van der Waals surface area (Å²) in [6.07, 6.45) is 2.41. The zero-order valence-corrected chi connectivity index (χ0v) is 15.9. The SMILES string of the molecule is CCN1/C(=C\c2[se]c3ccccc3[n+]2CC)Sc2ccccc21. The molecule has 0 bridgehead atoms. The molecule has 2 nitrogen and oxygen atoms in total. The summed E-state index contributed by atoms with van der Waals surface area (Å²) in [4.78, 5) is 3.80. The average Bonchev–Trinajstić information content (AvgIpc) is 3.11. The Morgan fingerprint density at radius 2 is 1.87 bits per heavy atom. The predicted octanol–water partition coefficient (Wildman–Crippen LogP) is 4.13. The Kier molecular flexibility index (Phi) is 4.06. The van der Waals surface area contributed by atoms with E-state index in [1.165, 1.54) is 30.0 Å². The first-order valence-electron chi connectivity index (χ1n) is 7.99. The number of fused-ring (bicyclic) bond motifs is 2. The summed E-state index contributed by atoms with van der Waals surface area (Å²) in [5, 5.41) is 1.36. The van der Waals surface area contributed by atoms with Gasteiger partial charge in [-0.05, 0) is 0 Å². The molecule has 0 saturated heterocycles. The van der Waals surface area contributed by atoms with Gasteiger partial charge in [-0.3, -0.25) is 0 Å². The molecule has 1 aromatic heterocycles. The summed E-state index contributed by atoms with van der Waals surface area (Å²) in [6.45, 7) is 6.51. The van der Waals surface area contributed by atoms with Crippen LogP contribution in [0.4, 0.5) is 5.69 Å². The molecule has 3 aromatic rings. The molecule has 0 amide bonds. The number of para-hydroxylation sites is 2. The van der Waals surface area contributed by atoms with Crippen molar-refractivity contribution < 1.29 is 4.57 Å². The summed E-state index contributed by atoms with van der Waals surface area (Å²) in [5.74, 6) is 0. The molecule has 4 heteroatoms. The third-order valence-corrected chi connectivity index (χ3v) is 7.60. The molecule has 0 aliphatic carbocycles. The van der Waals surface area contributed by atoms with Crippen LogP contribution >= 0.6 is 11.8 Å². The minimum atomic E-state index is 0.397. The van der Waals surface area contributed by atoms with Crippen LogP contribution in [0.5, 0.6) is 0 Å². The fourth-order valence-corrected chi connectivity index (χ4v) is 6.85. The second kappa shape index (κ2) is 6.20. The molecule has 1 aliphatic heterocycles. The number of nitrogens with zero attached hydrogens (tertiary/aromatic N) is 2. The first-order chi connectivity index (χ1) is 11.3. The Bertz CT molecular complexity index is 897. The van der Waals surface area contributed by atoms with Gasteiger partial charge in [-0.2, -0.15) is 0 Å². The second-order valence-electron chi connectivity index (χ2n) is 5.45. The topological polar surface area (TPSA) is 7.12 Å². The number of benzene rings is 2. The van der Waals surface area contributed by atoms with Crippen molar-refractivity contribution in [2.24, 2.45) is 0 Å². The van der Waals surface area contributed by atoms with Crippen molar-refractivity contribution in [2.75, 3.05) is 11.4 Å².